The lowest BCUT2D eigenvalue weighted by Crippen LogP contribution is -2.33. The molecular formula is C11H16N2O4S. The van der Waals surface area contributed by atoms with Crippen LogP contribution in [0.3, 0.4) is 0 Å². The summed E-state index contributed by atoms with van der Waals surface area (Å²) in [6, 6.07) is 4.48. The van der Waals surface area contributed by atoms with Gasteiger partial charge in [0.1, 0.15) is 5.75 Å². The third-order valence-electron chi connectivity index (χ3n) is 2.94. The van der Waals surface area contributed by atoms with E-state index in [4.69, 9.17) is 5.11 Å². The van der Waals surface area contributed by atoms with Gasteiger partial charge >= 0.3 is 10.2 Å². The highest BCUT2D eigenvalue weighted by Crippen LogP contribution is 2.29. The summed E-state index contributed by atoms with van der Waals surface area (Å²) in [7, 11) is -3.66. The van der Waals surface area contributed by atoms with Gasteiger partial charge in [0.15, 0.2) is 0 Å². The summed E-state index contributed by atoms with van der Waals surface area (Å²) in [4.78, 5) is 0. The van der Waals surface area contributed by atoms with E-state index in [-0.39, 0.29) is 18.0 Å². The predicted molar refractivity (Wildman–Crippen MR) is 67.4 cm³/mol. The van der Waals surface area contributed by atoms with Gasteiger partial charge in [-0.25, -0.2) is 0 Å². The molecule has 2 rings (SSSR count). The Hall–Kier alpha value is -1.31. The van der Waals surface area contributed by atoms with Gasteiger partial charge in [-0.15, -0.1) is 0 Å². The first kappa shape index (κ1) is 13.1. The van der Waals surface area contributed by atoms with Crippen molar-refractivity contribution in [3.8, 4) is 5.75 Å². The molecule has 1 aliphatic rings. The number of nitrogens with one attached hydrogen (secondary N) is 1. The zero-order chi connectivity index (χ0) is 13.2. The first-order chi connectivity index (χ1) is 8.54. The minimum Gasteiger partial charge on any atom is -0.506 e. The number of aliphatic hydroxyl groups is 1. The van der Waals surface area contributed by atoms with Crippen LogP contribution in [0.1, 0.15) is 18.4 Å². The molecule has 1 heterocycles. The number of para-hydroxylation sites is 1. The molecular weight excluding hydrogens is 256 g/mol. The summed E-state index contributed by atoms with van der Waals surface area (Å²) < 4.78 is 27.8. The molecule has 100 valence electrons. The molecule has 0 amide bonds. The number of nitrogens with zero attached hydrogens (tertiary/aromatic N) is 1. The number of benzene rings is 1. The van der Waals surface area contributed by atoms with Crippen LogP contribution >= 0.6 is 0 Å². The molecule has 0 saturated carbocycles. The average Bonchev–Trinajstić information content (AvgIpc) is 2.86. The second kappa shape index (κ2) is 5.13. The normalized spacial score (nSPS) is 16.9. The van der Waals surface area contributed by atoms with Crippen molar-refractivity contribution in [1.29, 1.82) is 0 Å². The number of aromatic hydroxyl groups is 1. The number of hydrogen-bond donors (Lipinski definition) is 3. The third-order valence-corrected chi connectivity index (χ3v) is 4.44. The topological polar surface area (TPSA) is 89.9 Å². The molecule has 0 aliphatic carbocycles. The molecule has 1 fully saturated rings. The smallest absolute Gasteiger partial charge is 0.301 e. The van der Waals surface area contributed by atoms with Crippen LogP contribution in [0, 0.1) is 0 Å². The SMILES string of the molecule is O=S(=O)(Nc1c(O)cccc1CO)N1CCCC1. The molecule has 0 spiro atoms. The summed E-state index contributed by atoms with van der Waals surface area (Å²) in [6.07, 6.45) is 1.68. The van der Waals surface area contributed by atoms with Gasteiger partial charge in [0.2, 0.25) is 0 Å². The van der Waals surface area contributed by atoms with E-state index in [1.54, 1.807) is 12.1 Å². The Morgan fingerprint density at radius 3 is 2.56 bits per heavy atom. The van der Waals surface area contributed by atoms with Gasteiger partial charge in [-0.3, -0.25) is 4.72 Å². The Morgan fingerprint density at radius 1 is 1.28 bits per heavy atom. The van der Waals surface area contributed by atoms with Gasteiger partial charge in [0.25, 0.3) is 0 Å². The molecule has 1 saturated heterocycles. The molecule has 1 aliphatic heterocycles. The molecule has 1 aromatic carbocycles. The average molecular weight is 272 g/mol. The molecule has 18 heavy (non-hydrogen) atoms. The Labute approximate surface area is 106 Å². The molecule has 7 heteroatoms. The van der Waals surface area contributed by atoms with Gasteiger partial charge in [-0.05, 0) is 18.9 Å². The van der Waals surface area contributed by atoms with E-state index in [1.807, 2.05) is 0 Å². The fourth-order valence-electron chi connectivity index (χ4n) is 1.96. The van der Waals surface area contributed by atoms with Crippen LogP contribution in [-0.4, -0.2) is 36.0 Å². The van der Waals surface area contributed by atoms with Crippen molar-refractivity contribution in [2.45, 2.75) is 19.4 Å². The number of phenolic OH excluding ortho intramolecular Hbond substituents is 1. The van der Waals surface area contributed by atoms with Crippen molar-refractivity contribution in [2.75, 3.05) is 17.8 Å². The molecule has 3 N–H and O–H groups in total. The maximum absolute atomic E-state index is 12.0. The lowest BCUT2D eigenvalue weighted by molar-refractivity contribution is 0.282. The van der Waals surface area contributed by atoms with E-state index in [0.717, 1.165) is 12.8 Å². The van der Waals surface area contributed by atoms with E-state index >= 15 is 0 Å². The molecule has 0 aromatic heterocycles. The lowest BCUT2D eigenvalue weighted by atomic mass is 10.2. The van der Waals surface area contributed by atoms with Crippen LogP contribution in [-0.2, 0) is 16.8 Å². The van der Waals surface area contributed by atoms with Crippen molar-refractivity contribution in [3.05, 3.63) is 23.8 Å². The minimum atomic E-state index is -3.66. The maximum atomic E-state index is 12.0. The highest BCUT2D eigenvalue weighted by Gasteiger charge is 2.26. The molecule has 0 radical (unpaired) electrons. The number of hydrogen-bond acceptors (Lipinski definition) is 4. The monoisotopic (exact) mass is 272 g/mol. The zero-order valence-corrected chi connectivity index (χ0v) is 10.7. The fraction of sp³-hybridized carbons (Fsp3) is 0.455. The van der Waals surface area contributed by atoms with Crippen LogP contribution in [0.5, 0.6) is 5.75 Å². The van der Waals surface area contributed by atoms with Crippen LogP contribution in [0.2, 0.25) is 0 Å². The Morgan fingerprint density at radius 2 is 1.94 bits per heavy atom. The number of rotatable bonds is 4. The summed E-state index contributed by atoms with van der Waals surface area (Å²) >= 11 is 0. The summed E-state index contributed by atoms with van der Waals surface area (Å²) in [5.74, 6) is -0.190. The van der Waals surface area contributed by atoms with E-state index in [2.05, 4.69) is 4.72 Å². The molecule has 1 aromatic rings. The number of aliphatic hydroxyl groups excluding tert-OH is 1. The fourth-order valence-corrected chi connectivity index (χ4v) is 3.32. The Balaban J connectivity index is 2.28. The van der Waals surface area contributed by atoms with Gasteiger partial charge in [-0.1, -0.05) is 12.1 Å². The second-order valence-corrected chi connectivity index (χ2v) is 5.85. The molecule has 0 bridgehead atoms. The summed E-state index contributed by atoms with van der Waals surface area (Å²) in [5, 5.41) is 18.8. The highest BCUT2D eigenvalue weighted by molar-refractivity contribution is 7.90. The molecule has 6 nitrogen and oxygen atoms in total. The maximum Gasteiger partial charge on any atom is 0.301 e. The quantitative estimate of drug-likeness (QED) is 0.702. The van der Waals surface area contributed by atoms with Crippen LogP contribution in [0.4, 0.5) is 5.69 Å². The third kappa shape index (κ3) is 2.58. The number of anilines is 1. The van der Waals surface area contributed by atoms with Crippen molar-refractivity contribution in [1.82, 2.24) is 4.31 Å². The Kier molecular flexibility index (Phi) is 3.74. The first-order valence-electron chi connectivity index (χ1n) is 5.74. The van der Waals surface area contributed by atoms with E-state index < -0.39 is 10.2 Å². The van der Waals surface area contributed by atoms with Gasteiger partial charge < -0.3 is 10.2 Å². The minimum absolute atomic E-state index is 0.0481. The van der Waals surface area contributed by atoms with Crippen molar-refractivity contribution in [2.24, 2.45) is 0 Å². The van der Waals surface area contributed by atoms with E-state index in [9.17, 15) is 13.5 Å². The van der Waals surface area contributed by atoms with Gasteiger partial charge in [-0.2, -0.15) is 12.7 Å². The van der Waals surface area contributed by atoms with Crippen LogP contribution in [0.15, 0.2) is 18.2 Å². The van der Waals surface area contributed by atoms with Crippen LogP contribution < -0.4 is 4.72 Å². The van der Waals surface area contributed by atoms with E-state index in [0.29, 0.717) is 18.7 Å². The van der Waals surface area contributed by atoms with Crippen molar-refractivity contribution >= 4 is 15.9 Å². The highest BCUT2D eigenvalue weighted by atomic mass is 32.2. The predicted octanol–water partition coefficient (Wildman–Crippen LogP) is 0.637. The summed E-state index contributed by atoms with van der Waals surface area (Å²) in [5.41, 5.74) is 0.393. The van der Waals surface area contributed by atoms with Crippen LogP contribution in [0.25, 0.3) is 0 Å². The summed E-state index contributed by atoms with van der Waals surface area (Å²) in [6.45, 7) is 0.626. The van der Waals surface area contributed by atoms with Gasteiger partial charge in [0, 0.05) is 18.7 Å². The first-order valence-corrected chi connectivity index (χ1v) is 7.18. The second-order valence-electron chi connectivity index (χ2n) is 4.18. The zero-order valence-electron chi connectivity index (χ0n) is 9.83. The van der Waals surface area contributed by atoms with E-state index in [1.165, 1.54) is 10.4 Å². The lowest BCUT2D eigenvalue weighted by Gasteiger charge is -2.18. The standard InChI is InChI=1S/C11H16N2O4S/c14-8-9-4-3-5-10(15)11(9)12-18(16,17)13-6-1-2-7-13/h3-5,12,14-15H,1-2,6-8H2. The Bertz CT molecular complexity index is 524. The van der Waals surface area contributed by atoms with Crippen molar-refractivity contribution in [3.63, 3.8) is 0 Å². The molecule has 0 atom stereocenters. The van der Waals surface area contributed by atoms with Gasteiger partial charge in [0.05, 0.1) is 12.3 Å². The van der Waals surface area contributed by atoms with Crippen molar-refractivity contribution < 1.29 is 18.6 Å². The largest absolute Gasteiger partial charge is 0.506 e. The number of phenols is 1. The molecule has 0 unspecified atom stereocenters.